The van der Waals surface area contributed by atoms with Crippen LogP contribution in [0.3, 0.4) is 0 Å². The lowest BCUT2D eigenvalue weighted by Gasteiger charge is -2.48. The van der Waals surface area contributed by atoms with E-state index >= 15 is 0 Å². The Balaban J connectivity index is 2.03. The Morgan fingerprint density at radius 2 is 1.84 bits per heavy atom. The number of hydrazine groups is 1. The molecule has 0 aromatic carbocycles. The molecule has 0 radical (unpaired) electrons. The Morgan fingerprint density at radius 3 is 2.32 bits per heavy atom. The van der Waals surface area contributed by atoms with Crippen LogP contribution >= 0.6 is 0 Å². The summed E-state index contributed by atoms with van der Waals surface area (Å²) in [6.07, 6.45) is 3.74. The van der Waals surface area contributed by atoms with Crippen molar-refractivity contribution in [2.24, 2.45) is 16.6 Å². The van der Waals surface area contributed by atoms with Gasteiger partial charge in [0.15, 0.2) is 0 Å². The minimum Gasteiger partial charge on any atom is -0.314 e. The van der Waals surface area contributed by atoms with Crippen LogP contribution in [-0.4, -0.2) is 42.0 Å². The molecular weight excluding hydrogens is 236 g/mol. The Bertz CT molecular complexity index is 332. The Kier molecular flexibility index (Phi) is 3.76. The second-order valence-electron chi connectivity index (χ2n) is 8.59. The Morgan fingerprint density at radius 1 is 1.26 bits per heavy atom. The first-order chi connectivity index (χ1) is 8.48. The van der Waals surface area contributed by atoms with Gasteiger partial charge in [-0.05, 0) is 43.9 Å². The monoisotopic (exact) mass is 268 g/mol. The summed E-state index contributed by atoms with van der Waals surface area (Å²) >= 11 is 0. The standard InChI is InChI=1S/C15H32N4/c1-13(2)7-12(17-14(3,4)16)8-15(5,9-13)10-19-11-18(19)6/h12,17H,7-11,16H2,1-6H3. The van der Waals surface area contributed by atoms with Crippen molar-refractivity contribution in [2.75, 3.05) is 20.3 Å². The van der Waals surface area contributed by atoms with E-state index in [0.717, 1.165) is 6.67 Å². The molecular formula is C15H32N4. The lowest BCUT2D eigenvalue weighted by atomic mass is 9.62. The van der Waals surface area contributed by atoms with Crippen molar-refractivity contribution in [1.82, 2.24) is 15.3 Å². The van der Waals surface area contributed by atoms with E-state index in [-0.39, 0.29) is 5.66 Å². The van der Waals surface area contributed by atoms with E-state index in [1.165, 1.54) is 25.8 Å². The number of nitrogens with zero attached hydrogens (tertiary/aromatic N) is 2. The van der Waals surface area contributed by atoms with Crippen molar-refractivity contribution in [1.29, 1.82) is 0 Å². The third kappa shape index (κ3) is 4.42. The molecule has 0 bridgehead atoms. The van der Waals surface area contributed by atoms with E-state index in [9.17, 15) is 0 Å². The summed E-state index contributed by atoms with van der Waals surface area (Å²) in [5.41, 5.74) is 6.64. The summed E-state index contributed by atoms with van der Waals surface area (Å²) in [4.78, 5) is 0. The molecule has 4 atom stereocenters. The van der Waals surface area contributed by atoms with Gasteiger partial charge in [-0.1, -0.05) is 20.8 Å². The van der Waals surface area contributed by atoms with Gasteiger partial charge in [-0.25, -0.2) is 10.0 Å². The van der Waals surface area contributed by atoms with Gasteiger partial charge in [-0.2, -0.15) is 0 Å². The summed E-state index contributed by atoms with van der Waals surface area (Å²) < 4.78 is 0. The van der Waals surface area contributed by atoms with Gasteiger partial charge < -0.3 is 5.73 Å². The number of rotatable bonds is 4. The molecule has 4 heteroatoms. The van der Waals surface area contributed by atoms with Crippen LogP contribution < -0.4 is 11.1 Å². The second-order valence-corrected chi connectivity index (χ2v) is 8.59. The lowest BCUT2D eigenvalue weighted by molar-refractivity contribution is 0.0410. The van der Waals surface area contributed by atoms with Crippen LogP contribution in [0.5, 0.6) is 0 Å². The number of hydrogen-bond acceptors (Lipinski definition) is 4. The molecule has 112 valence electrons. The first kappa shape index (κ1) is 15.2. The van der Waals surface area contributed by atoms with Gasteiger partial charge in [0.1, 0.15) is 0 Å². The molecule has 2 fully saturated rings. The molecule has 19 heavy (non-hydrogen) atoms. The first-order valence-electron chi connectivity index (χ1n) is 7.51. The highest BCUT2D eigenvalue weighted by molar-refractivity contribution is 4.97. The zero-order valence-corrected chi connectivity index (χ0v) is 13.6. The van der Waals surface area contributed by atoms with Crippen molar-refractivity contribution >= 4 is 0 Å². The average molecular weight is 268 g/mol. The van der Waals surface area contributed by atoms with Gasteiger partial charge in [0.2, 0.25) is 0 Å². The minimum atomic E-state index is -0.282. The van der Waals surface area contributed by atoms with E-state index in [1.807, 2.05) is 0 Å². The molecule has 1 aliphatic carbocycles. The molecule has 0 amide bonds. The van der Waals surface area contributed by atoms with Crippen LogP contribution in [0.4, 0.5) is 0 Å². The fraction of sp³-hybridized carbons (Fsp3) is 1.00. The topological polar surface area (TPSA) is 44.1 Å². The maximum atomic E-state index is 6.15. The third-order valence-electron chi connectivity index (χ3n) is 4.35. The van der Waals surface area contributed by atoms with Crippen LogP contribution in [0.1, 0.15) is 53.9 Å². The van der Waals surface area contributed by atoms with Gasteiger partial charge in [0.25, 0.3) is 0 Å². The number of hydrogen-bond donors (Lipinski definition) is 2. The molecule has 1 heterocycles. The minimum absolute atomic E-state index is 0.282. The van der Waals surface area contributed by atoms with E-state index in [0.29, 0.717) is 16.9 Å². The van der Waals surface area contributed by atoms with Crippen LogP contribution in [-0.2, 0) is 0 Å². The molecule has 0 aromatic rings. The van der Waals surface area contributed by atoms with Gasteiger partial charge in [0, 0.05) is 19.6 Å². The highest BCUT2D eigenvalue weighted by Crippen LogP contribution is 2.47. The van der Waals surface area contributed by atoms with Gasteiger partial charge in [0.05, 0.1) is 12.3 Å². The summed E-state index contributed by atoms with van der Waals surface area (Å²) in [6.45, 7) is 13.7. The fourth-order valence-corrected chi connectivity index (χ4v) is 4.20. The second kappa shape index (κ2) is 4.69. The lowest BCUT2D eigenvalue weighted by Crippen LogP contribution is -2.57. The predicted molar refractivity (Wildman–Crippen MR) is 80.3 cm³/mol. The number of nitrogens with two attached hydrogens (primary N) is 1. The predicted octanol–water partition coefficient (Wildman–Crippen LogP) is 1.98. The molecule has 2 aliphatic rings. The van der Waals surface area contributed by atoms with Crippen molar-refractivity contribution < 1.29 is 0 Å². The van der Waals surface area contributed by atoms with E-state index in [4.69, 9.17) is 5.73 Å². The van der Waals surface area contributed by atoms with Gasteiger partial charge in [-0.3, -0.25) is 5.32 Å². The van der Waals surface area contributed by atoms with Crippen LogP contribution in [0.2, 0.25) is 0 Å². The molecule has 1 saturated carbocycles. The van der Waals surface area contributed by atoms with Gasteiger partial charge in [-0.15, -0.1) is 0 Å². The van der Waals surface area contributed by atoms with Crippen molar-refractivity contribution in [3.8, 4) is 0 Å². The van der Waals surface area contributed by atoms with Crippen molar-refractivity contribution in [3.63, 3.8) is 0 Å². The van der Waals surface area contributed by atoms with Crippen molar-refractivity contribution in [3.05, 3.63) is 0 Å². The molecule has 1 saturated heterocycles. The first-order valence-corrected chi connectivity index (χ1v) is 7.51. The molecule has 2 rings (SSSR count). The quantitative estimate of drug-likeness (QED) is 0.604. The zero-order chi connectivity index (χ0) is 14.5. The molecule has 0 spiro atoms. The SMILES string of the molecule is CN1CN1CC1(C)CC(NC(C)(C)N)CC(C)(C)C1. The normalized spacial score (nSPS) is 42.2. The Labute approximate surface area is 118 Å². The maximum Gasteiger partial charge on any atom is 0.0784 e. The zero-order valence-electron chi connectivity index (χ0n) is 13.6. The van der Waals surface area contributed by atoms with Crippen LogP contribution in [0.25, 0.3) is 0 Å². The van der Waals surface area contributed by atoms with Crippen molar-refractivity contribution in [2.45, 2.75) is 65.6 Å². The summed E-state index contributed by atoms with van der Waals surface area (Å²) in [5, 5.41) is 8.35. The fourth-order valence-electron chi connectivity index (χ4n) is 4.20. The van der Waals surface area contributed by atoms with Crippen LogP contribution in [0, 0.1) is 10.8 Å². The average Bonchev–Trinajstić information content (AvgIpc) is 2.71. The van der Waals surface area contributed by atoms with Gasteiger partial charge >= 0.3 is 0 Å². The van der Waals surface area contributed by atoms with Crippen LogP contribution in [0.15, 0.2) is 0 Å². The van der Waals surface area contributed by atoms with E-state index in [1.54, 1.807) is 0 Å². The molecule has 1 aliphatic heterocycles. The molecule has 3 N–H and O–H groups in total. The molecule has 0 aromatic heterocycles. The van der Waals surface area contributed by atoms with E-state index in [2.05, 4.69) is 57.0 Å². The summed E-state index contributed by atoms with van der Waals surface area (Å²) in [7, 11) is 2.16. The van der Waals surface area contributed by atoms with E-state index < -0.39 is 0 Å². The number of nitrogens with one attached hydrogen (secondary N) is 1. The maximum absolute atomic E-state index is 6.15. The summed E-state index contributed by atoms with van der Waals surface area (Å²) in [6, 6.07) is 0.527. The molecule has 4 unspecified atom stereocenters. The largest absolute Gasteiger partial charge is 0.314 e. The highest BCUT2D eigenvalue weighted by atomic mass is 15.8. The summed E-state index contributed by atoms with van der Waals surface area (Å²) in [5.74, 6) is 0. The molecule has 4 nitrogen and oxygen atoms in total. The Hall–Kier alpha value is -0.160. The smallest absolute Gasteiger partial charge is 0.0784 e. The highest BCUT2D eigenvalue weighted by Gasteiger charge is 2.45. The third-order valence-corrected chi connectivity index (χ3v) is 4.35.